The summed E-state index contributed by atoms with van der Waals surface area (Å²) in [7, 11) is 0. The van der Waals surface area contributed by atoms with Gasteiger partial charge in [0.2, 0.25) is 0 Å². The van der Waals surface area contributed by atoms with Crippen LogP contribution in [0.15, 0.2) is 60.8 Å². The van der Waals surface area contributed by atoms with E-state index in [-0.39, 0.29) is 11.3 Å². The number of nitrogens with two attached hydrogens (primary N) is 1. The molecule has 0 saturated carbocycles. The molecule has 1 heterocycles. The molecule has 138 valence electrons. The van der Waals surface area contributed by atoms with Crippen LogP contribution >= 0.6 is 11.6 Å². The molecule has 2 aromatic carbocycles. The van der Waals surface area contributed by atoms with Crippen molar-refractivity contribution in [1.82, 2.24) is 4.98 Å². The highest BCUT2D eigenvalue weighted by Crippen LogP contribution is 2.28. The van der Waals surface area contributed by atoms with E-state index in [4.69, 9.17) is 17.3 Å². The molecule has 0 atom stereocenters. The summed E-state index contributed by atoms with van der Waals surface area (Å²) in [5.74, 6) is -0.255. The summed E-state index contributed by atoms with van der Waals surface area (Å²) in [6.07, 6.45) is 1.67. The Morgan fingerprint density at radius 2 is 1.78 bits per heavy atom. The number of benzene rings is 2. The van der Waals surface area contributed by atoms with Crippen LogP contribution in [0.1, 0.15) is 36.7 Å². The van der Waals surface area contributed by atoms with Crippen molar-refractivity contribution in [3.8, 4) is 11.3 Å². The predicted octanol–water partition coefficient (Wildman–Crippen LogP) is 5.53. The zero-order chi connectivity index (χ0) is 19.6. The van der Waals surface area contributed by atoms with E-state index < -0.39 is 0 Å². The summed E-state index contributed by atoms with van der Waals surface area (Å²) >= 11 is 6.18. The molecule has 0 radical (unpaired) electrons. The second-order valence-corrected chi connectivity index (χ2v) is 7.82. The molecule has 0 saturated heterocycles. The van der Waals surface area contributed by atoms with Crippen LogP contribution in [-0.2, 0) is 5.41 Å². The standard InChI is InChI=1S/C22H22ClN3O/c1-22(2,3)15-7-9-16(10-8-15)26-21(27)17-11-6-14(13-19(17)24)20-18(23)5-4-12-25-20/h4-13H,24H2,1-3H3,(H,26,27). The van der Waals surface area contributed by atoms with Crippen LogP contribution in [0.2, 0.25) is 5.02 Å². The van der Waals surface area contributed by atoms with Crippen molar-refractivity contribution in [3.63, 3.8) is 0 Å². The van der Waals surface area contributed by atoms with Crippen molar-refractivity contribution in [1.29, 1.82) is 0 Å². The first-order valence-corrected chi connectivity index (χ1v) is 9.06. The van der Waals surface area contributed by atoms with E-state index in [0.29, 0.717) is 22.0 Å². The van der Waals surface area contributed by atoms with Gasteiger partial charge in [-0.1, -0.05) is 50.6 Å². The topological polar surface area (TPSA) is 68.0 Å². The van der Waals surface area contributed by atoms with Gasteiger partial charge in [-0.2, -0.15) is 0 Å². The van der Waals surface area contributed by atoms with Crippen molar-refractivity contribution < 1.29 is 4.79 Å². The van der Waals surface area contributed by atoms with Gasteiger partial charge in [-0.25, -0.2) is 0 Å². The minimum absolute atomic E-state index is 0.0650. The molecule has 0 fully saturated rings. The zero-order valence-electron chi connectivity index (χ0n) is 15.6. The zero-order valence-corrected chi connectivity index (χ0v) is 16.3. The van der Waals surface area contributed by atoms with Crippen LogP contribution in [0, 0.1) is 0 Å². The van der Waals surface area contributed by atoms with Gasteiger partial charge in [-0.05, 0) is 47.4 Å². The highest BCUT2D eigenvalue weighted by atomic mass is 35.5. The molecule has 4 nitrogen and oxygen atoms in total. The van der Waals surface area contributed by atoms with Gasteiger partial charge in [0.1, 0.15) is 0 Å². The average Bonchev–Trinajstić information content (AvgIpc) is 2.61. The molecular weight excluding hydrogens is 358 g/mol. The number of nitrogens with zero attached hydrogens (tertiary/aromatic N) is 1. The number of carbonyl (C=O) groups is 1. The van der Waals surface area contributed by atoms with Gasteiger partial charge in [-0.3, -0.25) is 9.78 Å². The SMILES string of the molecule is CC(C)(C)c1ccc(NC(=O)c2ccc(-c3ncccc3Cl)cc2N)cc1. The third-order valence-corrected chi connectivity index (χ3v) is 4.64. The van der Waals surface area contributed by atoms with Crippen molar-refractivity contribution in [2.45, 2.75) is 26.2 Å². The Morgan fingerprint density at radius 1 is 1.07 bits per heavy atom. The second-order valence-electron chi connectivity index (χ2n) is 7.42. The molecule has 1 aromatic heterocycles. The Kier molecular flexibility index (Phi) is 5.19. The van der Waals surface area contributed by atoms with Gasteiger partial charge >= 0.3 is 0 Å². The number of halogens is 1. The van der Waals surface area contributed by atoms with E-state index in [9.17, 15) is 4.79 Å². The van der Waals surface area contributed by atoms with Crippen LogP contribution in [0.25, 0.3) is 11.3 Å². The predicted molar refractivity (Wildman–Crippen MR) is 112 cm³/mol. The summed E-state index contributed by atoms with van der Waals surface area (Å²) in [6, 6.07) is 16.6. The number of nitrogens with one attached hydrogen (secondary N) is 1. The van der Waals surface area contributed by atoms with Gasteiger partial charge in [0.05, 0.1) is 16.3 Å². The first-order chi connectivity index (χ1) is 12.8. The normalized spacial score (nSPS) is 11.3. The van der Waals surface area contributed by atoms with Crippen molar-refractivity contribution in [2.24, 2.45) is 0 Å². The van der Waals surface area contributed by atoms with Crippen molar-refractivity contribution in [2.75, 3.05) is 11.1 Å². The maximum atomic E-state index is 12.6. The van der Waals surface area contributed by atoms with Crippen LogP contribution < -0.4 is 11.1 Å². The third-order valence-electron chi connectivity index (χ3n) is 4.34. The van der Waals surface area contributed by atoms with Gasteiger partial charge in [0.25, 0.3) is 5.91 Å². The van der Waals surface area contributed by atoms with E-state index in [1.54, 1.807) is 36.5 Å². The summed E-state index contributed by atoms with van der Waals surface area (Å²) < 4.78 is 0. The van der Waals surface area contributed by atoms with Crippen molar-refractivity contribution >= 4 is 28.9 Å². The lowest BCUT2D eigenvalue weighted by molar-refractivity contribution is 0.102. The largest absolute Gasteiger partial charge is 0.398 e. The van der Waals surface area contributed by atoms with Crippen LogP contribution in [0.3, 0.4) is 0 Å². The second kappa shape index (κ2) is 7.41. The molecule has 0 spiro atoms. The molecule has 5 heteroatoms. The molecular formula is C22H22ClN3O. The highest BCUT2D eigenvalue weighted by Gasteiger charge is 2.15. The minimum Gasteiger partial charge on any atom is -0.398 e. The fraction of sp³-hybridized carbons (Fsp3) is 0.182. The third kappa shape index (κ3) is 4.29. The first kappa shape index (κ1) is 18.9. The number of hydrogen-bond acceptors (Lipinski definition) is 3. The number of rotatable bonds is 3. The molecule has 3 rings (SSSR count). The Hall–Kier alpha value is -2.85. The highest BCUT2D eigenvalue weighted by molar-refractivity contribution is 6.33. The van der Waals surface area contributed by atoms with E-state index in [1.165, 1.54) is 5.56 Å². The molecule has 0 aliphatic rings. The molecule has 0 bridgehead atoms. The van der Waals surface area contributed by atoms with E-state index in [1.807, 2.05) is 24.3 Å². The number of amides is 1. The van der Waals surface area contributed by atoms with E-state index >= 15 is 0 Å². The maximum absolute atomic E-state index is 12.6. The van der Waals surface area contributed by atoms with Gasteiger partial charge in [-0.15, -0.1) is 0 Å². The smallest absolute Gasteiger partial charge is 0.257 e. The molecule has 3 aromatic rings. The van der Waals surface area contributed by atoms with Crippen LogP contribution in [-0.4, -0.2) is 10.9 Å². The molecule has 0 aliphatic heterocycles. The average molecular weight is 380 g/mol. The Bertz CT molecular complexity index is 976. The van der Waals surface area contributed by atoms with Crippen LogP contribution in [0.5, 0.6) is 0 Å². The summed E-state index contributed by atoms with van der Waals surface area (Å²) in [6.45, 7) is 6.45. The number of anilines is 2. The number of aromatic nitrogens is 1. The lowest BCUT2D eigenvalue weighted by atomic mass is 9.87. The number of nitrogen functional groups attached to an aromatic ring is 1. The fourth-order valence-electron chi connectivity index (χ4n) is 2.77. The van der Waals surface area contributed by atoms with Crippen LogP contribution in [0.4, 0.5) is 11.4 Å². The summed E-state index contributed by atoms with van der Waals surface area (Å²) in [5.41, 5.74) is 10.3. The quantitative estimate of drug-likeness (QED) is 0.587. The number of carbonyl (C=O) groups excluding carboxylic acids is 1. The van der Waals surface area contributed by atoms with Gasteiger partial charge in [0.15, 0.2) is 0 Å². The maximum Gasteiger partial charge on any atom is 0.257 e. The Labute approximate surface area is 164 Å². The van der Waals surface area contributed by atoms with E-state index in [2.05, 4.69) is 31.1 Å². The molecule has 0 aliphatic carbocycles. The molecule has 0 unspecified atom stereocenters. The van der Waals surface area contributed by atoms with Gasteiger partial charge < -0.3 is 11.1 Å². The number of hydrogen-bond donors (Lipinski definition) is 2. The molecule has 27 heavy (non-hydrogen) atoms. The molecule has 3 N–H and O–H groups in total. The minimum atomic E-state index is -0.255. The lowest BCUT2D eigenvalue weighted by Crippen LogP contribution is -2.15. The number of pyridine rings is 1. The van der Waals surface area contributed by atoms with Gasteiger partial charge in [0, 0.05) is 23.1 Å². The summed E-state index contributed by atoms with van der Waals surface area (Å²) in [5, 5.41) is 3.42. The van der Waals surface area contributed by atoms with Crippen molar-refractivity contribution in [3.05, 3.63) is 76.9 Å². The van der Waals surface area contributed by atoms with E-state index in [0.717, 1.165) is 11.3 Å². The molecule has 1 amide bonds. The first-order valence-electron chi connectivity index (χ1n) is 8.68. The summed E-state index contributed by atoms with van der Waals surface area (Å²) in [4.78, 5) is 16.9. The monoisotopic (exact) mass is 379 g/mol. The Balaban J connectivity index is 1.80. The Morgan fingerprint density at radius 3 is 2.37 bits per heavy atom. The fourth-order valence-corrected chi connectivity index (χ4v) is 3.00. The lowest BCUT2D eigenvalue weighted by Gasteiger charge is -2.19.